The quantitative estimate of drug-likeness (QED) is 0.504. The van der Waals surface area contributed by atoms with Gasteiger partial charge in [0.15, 0.2) is 13.7 Å². The molecule has 2 aromatic rings. The van der Waals surface area contributed by atoms with Gasteiger partial charge in [-0.3, -0.25) is 0 Å². The van der Waals surface area contributed by atoms with Crippen molar-refractivity contribution in [2.75, 3.05) is 24.2 Å². The number of anilines is 1. The van der Waals surface area contributed by atoms with E-state index in [1.54, 1.807) is 0 Å². The number of halogens is 2. The van der Waals surface area contributed by atoms with Gasteiger partial charge < -0.3 is 9.64 Å². The van der Waals surface area contributed by atoms with Crippen LogP contribution in [-0.4, -0.2) is 54.6 Å². The summed E-state index contributed by atoms with van der Waals surface area (Å²) in [7, 11) is -3.22. The number of fused-ring (bicyclic) bond motifs is 3. The molecule has 140 valence electrons. The van der Waals surface area contributed by atoms with Gasteiger partial charge in [-0.05, 0) is 54.3 Å². The van der Waals surface area contributed by atoms with Gasteiger partial charge in [-0.2, -0.15) is 0 Å². The minimum Gasteiger partial charge on any atom is -0.371 e. The molecule has 1 aliphatic carbocycles. The molecular formula is C16H18I2N4O3S. The van der Waals surface area contributed by atoms with Crippen molar-refractivity contribution in [2.24, 2.45) is 0 Å². The van der Waals surface area contributed by atoms with Crippen molar-refractivity contribution in [1.82, 2.24) is 14.6 Å². The van der Waals surface area contributed by atoms with Crippen LogP contribution >= 0.6 is 45.2 Å². The summed E-state index contributed by atoms with van der Waals surface area (Å²) < 4.78 is 33.7. The van der Waals surface area contributed by atoms with E-state index < -0.39 is 14.6 Å². The van der Waals surface area contributed by atoms with Gasteiger partial charge in [-0.25, -0.2) is 17.9 Å². The zero-order chi connectivity index (χ0) is 18.3. The Morgan fingerprint density at radius 3 is 2.46 bits per heavy atom. The predicted octanol–water partition coefficient (Wildman–Crippen LogP) is 2.34. The Balaban J connectivity index is 1.71. The summed E-state index contributed by atoms with van der Waals surface area (Å²) in [5, 5.41) is 4.82. The van der Waals surface area contributed by atoms with Crippen molar-refractivity contribution in [3.8, 4) is 0 Å². The van der Waals surface area contributed by atoms with E-state index in [1.165, 1.54) is 6.26 Å². The van der Waals surface area contributed by atoms with Crippen molar-refractivity contribution in [2.45, 2.75) is 42.6 Å². The summed E-state index contributed by atoms with van der Waals surface area (Å²) in [4.78, 5) is 6.78. The van der Waals surface area contributed by atoms with Gasteiger partial charge >= 0.3 is 0 Å². The number of aromatic nitrogens is 3. The van der Waals surface area contributed by atoms with E-state index in [1.807, 2.05) is 10.6 Å². The van der Waals surface area contributed by atoms with Gasteiger partial charge in [0.05, 0.1) is 17.0 Å². The van der Waals surface area contributed by atoms with Crippen molar-refractivity contribution < 1.29 is 13.2 Å². The van der Waals surface area contributed by atoms with E-state index in [0.29, 0.717) is 12.8 Å². The molecule has 2 atom stereocenters. The summed E-state index contributed by atoms with van der Waals surface area (Å²) in [6.45, 7) is 1.62. The molecule has 0 N–H and O–H groups in total. The molecular weight excluding hydrogens is 582 g/mol. The highest BCUT2D eigenvalue weighted by Crippen LogP contribution is 2.54. The van der Waals surface area contributed by atoms with E-state index in [-0.39, 0.29) is 12.2 Å². The first-order chi connectivity index (χ1) is 12.3. The van der Waals surface area contributed by atoms with Gasteiger partial charge in [0.25, 0.3) is 0 Å². The van der Waals surface area contributed by atoms with Crippen LogP contribution in [0.15, 0.2) is 6.07 Å². The van der Waals surface area contributed by atoms with Crippen LogP contribution in [0.2, 0.25) is 0 Å². The molecule has 3 fully saturated rings. The third-order valence-electron chi connectivity index (χ3n) is 5.78. The fourth-order valence-electron chi connectivity index (χ4n) is 4.26. The molecule has 3 aliphatic rings. The van der Waals surface area contributed by atoms with Crippen molar-refractivity contribution in [3.05, 3.63) is 19.2 Å². The second-order valence-corrected chi connectivity index (χ2v) is 11.8. The maximum absolute atomic E-state index is 12.6. The van der Waals surface area contributed by atoms with E-state index >= 15 is 0 Å². The molecule has 2 bridgehead atoms. The van der Waals surface area contributed by atoms with E-state index in [0.717, 1.165) is 50.4 Å². The summed E-state index contributed by atoms with van der Waals surface area (Å²) in [5.74, 6) is 0.828. The lowest BCUT2D eigenvalue weighted by molar-refractivity contribution is 0.0301. The number of rotatable bonds is 3. The number of ether oxygens (including phenoxy) is 1. The number of nitrogens with zero attached hydrogens (tertiary/aromatic N) is 4. The Hall–Kier alpha value is -0.210. The van der Waals surface area contributed by atoms with Gasteiger partial charge in [0.1, 0.15) is 15.0 Å². The van der Waals surface area contributed by atoms with Gasteiger partial charge in [0.2, 0.25) is 0 Å². The minimum atomic E-state index is -3.22. The number of imidazole rings is 1. The molecule has 0 spiro atoms. The maximum Gasteiger partial charge on any atom is 0.193 e. The molecule has 10 heteroatoms. The Labute approximate surface area is 179 Å². The molecule has 5 rings (SSSR count). The van der Waals surface area contributed by atoms with Crippen LogP contribution in [0.4, 0.5) is 5.82 Å². The van der Waals surface area contributed by atoms with Crippen LogP contribution in [0.1, 0.15) is 31.2 Å². The van der Waals surface area contributed by atoms with Gasteiger partial charge in [-0.15, -0.1) is 5.10 Å². The maximum atomic E-state index is 12.6. The first-order valence-electron chi connectivity index (χ1n) is 8.64. The number of hydrogen-bond donors (Lipinski definition) is 0. The van der Waals surface area contributed by atoms with Gasteiger partial charge in [-0.1, -0.05) is 0 Å². The lowest BCUT2D eigenvalue weighted by atomic mass is 10.1. The normalized spacial score (nSPS) is 27.3. The fraction of sp³-hybridized carbons (Fsp3) is 0.625. The van der Waals surface area contributed by atoms with E-state index in [9.17, 15) is 8.42 Å². The zero-order valence-corrected chi connectivity index (χ0v) is 19.3. The largest absolute Gasteiger partial charge is 0.371 e. The number of morpholine rings is 1. The molecule has 2 aromatic heterocycles. The second kappa shape index (κ2) is 5.89. The van der Waals surface area contributed by atoms with Crippen molar-refractivity contribution in [1.29, 1.82) is 0 Å². The molecule has 0 radical (unpaired) electrons. The second-order valence-electron chi connectivity index (χ2n) is 7.48. The Kier molecular flexibility index (Phi) is 4.05. The highest BCUT2D eigenvalue weighted by atomic mass is 127. The number of sulfone groups is 1. The average Bonchev–Trinajstić information content (AvgIpc) is 3.27. The lowest BCUT2D eigenvalue weighted by Crippen LogP contribution is -2.43. The molecule has 0 unspecified atom stereocenters. The molecule has 0 aromatic carbocycles. The SMILES string of the molecule is CS(=O)(=O)C1(c2cc(N3C[C@H]4CC[C@@H](C3)O4)nn3c(I)nc(I)c23)CC1. The number of hydrogen-bond acceptors (Lipinski definition) is 6. The van der Waals surface area contributed by atoms with Crippen LogP contribution in [0, 0.1) is 7.53 Å². The molecule has 2 aliphatic heterocycles. The topological polar surface area (TPSA) is 76.8 Å². The zero-order valence-electron chi connectivity index (χ0n) is 14.2. The summed E-state index contributed by atoms with van der Waals surface area (Å²) in [6, 6.07) is 1.99. The molecule has 1 saturated carbocycles. The first kappa shape index (κ1) is 17.9. The predicted molar refractivity (Wildman–Crippen MR) is 114 cm³/mol. The first-order valence-corrected chi connectivity index (χ1v) is 12.7. The van der Waals surface area contributed by atoms with Crippen LogP contribution in [-0.2, 0) is 19.3 Å². The fourth-order valence-corrected chi connectivity index (χ4v) is 7.46. The third kappa shape index (κ3) is 2.61. The lowest BCUT2D eigenvalue weighted by Gasteiger charge is -2.33. The van der Waals surface area contributed by atoms with Crippen molar-refractivity contribution >= 4 is 66.4 Å². The molecule has 2 saturated heterocycles. The molecule has 4 heterocycles. The van der Waals surface area contributed by atoms with Crippen LogP contribution in [0.3, 0.4) is 0 Å². The van der Waals surface area contributed by atoms with E-state index in [4.69, 9.17) is 9.84 Å². The Bertz CT molecular complexity index is 1010. The third-order valence-corrected chi connectivity index (χ3v) is 9.27. The van der Waals surface area contributed by atoms with E-state index in [2.05, 4.69) is 55.1 Å². The average molecular weight is 600 g/mol. The Morgan fingerprint density at radius 1 is 1.23 bits per heavy atom. The Morgan fingerprint density at radius 2 is 1.88 bits per heavy atom. The van der Waals surface area contributed by atoms with Crippen molar-refractivity contribution in [3.63, 3.8) is 0 Å². The standard InChI is InChI=1S/C16H18I2N4O3S/c1-26(23,24)16(4-5-16)11-6-12(20-22-13(11)14(17)19-15(22)18)21-7-9-2-3-10(8-21)25-9/h6,9-10H,2-5,7-8H2,1H3/t9-,10+. The smallest absolute Gasteiger partial charge is 0.193 e. The highest BCUT2D eigenvalue weighted by molar-refractivity contribution is 14.1. The van der Waals surface area contributed by atoms with Gasteiger partial charge in [0, 0.05) is 47.5 Å². The molecule has 7 nitrogen and oxygen atoms in total. The van der Waals surface area contributed by atoms with Crippen LogP contribution < -0.4 is 4.90 Å². The van der Waals surface area contributed by atoms with Crippen LogP contribution in [0.25, 0.3) is 5.52 Å². The monoisotopic (exact) mass is 600 g/mol. The molecule has 26 heavy (non-hydrogen) atoms. The summed E-state index contributed by atoms with van der Waals surface area (Å²) >= 11 is 4.34. The van der Waals surface area contributed by atoms with Crippen LogP contribution in [0.5, 0.6) is 0 Å². The highest BCUT2D eigenvalue weighted by Gasteiger charge is 2.55. The summed E-state index contributed by atoms with van der Waals surface area (Å²) in [5.41, 5.74) is 1.68. The minimum absolute atomic E-state index is 0.251. The molecule has 0 amide bonds. The summed E-state index contributed by atoms with van der Waals surface area (Å²) in [6.07, 6.45) is 5.35.